The molecule has 0 unspecified atom stereocenters. The number of carbonyl (C=O) groups is 1. The van der Waals surface area contributed by atoms with Crippen LogP contribution in [0, 0.1) is 13.8 Å². The van der Waals surface area contributed by atoms with Crippen LogP contribution in [0.1, 0.15) is 23.4 Å². The van der Waals surface area contributed by atoms with E-state index >= 15 is 0 Å². The molecule has 0 spiro atoms. The summed E-state index contributed by atoms with van der Waals surface area (Å²) < 4.78 is 34.8. The number of alkyl halides is 2. The van der Waals surface area contributed by atoms with Gasteiger partial charge in [0.05, 0.1) is 11.4 Å². The van der Waals surface area contributed by atoms with Gasteiger partial charge in [0.2, 0.25) is 0 Å². The average molecular weight is 394 g/mol. The van der Waals surface area contributed by atoms with Crippen molar-refractivity contribution >= 4 is 11.7 Å². The quantitative estimate of drug-likeness (QED) is 0.839. The van der Waals surface area contributed by atoms with Crippen molar-refractivity contribution in [3.8, 4) is 5.75 Å². The lowest BCUT2D eigenvalue weighted by molar-refractivity contribution is -0.0493. The summed E-state index contributed by atoms with van der Waals surface area (Å²) in [6, 6.07) is 5.84. The first-order valence-electron chi connectivity index (χ1n) is 9.18. The highest BCUT2D eigenvalue weighted by Crippen LogP contribution is 2.26. The van der Waals surface area contributed by atoms with Gasteiger partial charge in [-0.25, -0.2) is 4.79 Å². The Hall–Kier alpha value is -2.68. The fraction of sp³-hybridized carbons (Fsp3) is 0.474. The summed E-state index contributed by atoms with van der Waals surface area (Å²) in [5.41, 5.74) is 2.19. The highest BCUT2D eigenvalue weighted by atomic mass is 19.3. The SMILES string of the molecule is Cc1noc(C)c1CN1CCCN(C(=O)Nc2ccccc2OC(F)F)CC1. The van der Waals surface area contributed by atoms with Crippen LogP contribution in [-0.4, -0.2) is 53.8 Å². The number of aromatic nitrogens is 1. The van der Waals surface area contributed by atoms with E-state index in [4.69, 9.17) is 4.52 Å². The normalized spacial score (nSPS) is 15.5. The number of halogens is 2. The van der Waals surface area contributed by atoms with E-state index in [1.165, 1.54) is 12.1 Å². The number of nitrogens with zero attached hydrogens (tertiary/aromatic N) is 3. The van der Waals surface area contributed by atoms with Gasteiger partial charge in [-0.2, -0.15) is 8.78 Å². The van der Waals surface area contributed by atoms with Crippen molar-refractivity contribution in [2.24, 2.45) is 0 Å². The summed E-state index contributed by atoms with van der Waals surface area (Å²) in [6.07, 6.45) is 0.811. The van der Waals surface area contributed by atoms with Crippen LogP contribution in [0.25, 0.3) is 0 Å². The molecule has 1 aromatic carbocycles. The highest BCUT2D eigenvalue weighted by Gasteiger charge is 2.22. The van der Waals surface area contributed by atoms with E-state index in [-0.39, 0.29) is 17.5 Å². The molecular weight excluding hydrogens is 370 g/mol. The number of anilines is 1. The lowest BCUT2D eigenvalue weighted by Crippen LogP contribution is -2.38. The molecule has 1 saturated heterocycles. The number of benzene rings is 1. The molecule has 2 amide bonds. The number of hydrogen-bond acceptors (Lipinski definition) is 5. The summed E-state index contributed by atoms with van der Waals surface area (Å²) in [7, 11) is 0. The first-order chi connectivity index (χ1) is 13.4. The molecule has 0 radical (unpaired) electrons. The van der Waals surface area contributed by atoms with Crippen molar-refractivity contribution in [2.75, 3.05) is 31.5 Å². The third-order valence-electron chi connectivity index (χ3n) is 4.78. The van der Waals surface area contributed by atoms with Gasteiger partial charge in [-0.1, -0.05) is 17.3 Å². The largest absolute Gasteiger partial charge is 0.433 e. The Morgan fingerprint density at radius 3 is 2.75 bits per heavy atom. The topological polar surface area (TPSA) is 70.8 Å². The van der Waals surface area contributed by atoms with Gasteiger partial charge in [0, 0.05) is 38.3 Å². The number of carbonyl (C=O) groups excluding carboxylic acids is 1. The summed E-state index contributed by atoms with van der Waals surface area (Å²) in [4.78, 5) is 16.6. The number of aryl methyl sites for hydroxylation is 2. The Bertz CT molecular complexity index is 793. The van der Waals surface area contributed by atoms with E-state index in [1.807, 2.05) is 13.8 Å². The fourth-order valence-electron chi connectivity index (χ4n) is 3.25. The first kappa shape index (κ1) is 20.1. The molecule has 2 heterocycles. The molecule has 9 heteroatoms. The molecule has 2 aromatic rings. The van der Waals surface area contributed by atoms with Crippen molar-refractivity contribution in [1.82, 2.24) is 15.0 Å². The molecule has 3 rings (SSSR count). The molecule has 1 aromatic heterocycles. The van der Waals surface area contributed by atoms with Gasteiger partial charge < -0.3 is 19.5 Å². The van der Waals surface area contributed by atoms with Crippen LogP contribution < -0.4 is 10.1 Å². The lowest BCUT2D eigenvalue weighted by Gasteiger charge is -2.23. The molecule has 0 aliphatic carbocycles. The van der Waals surface area contributed by atoms with Crippen LogP contribution >= 0.6 is 0 Å². The van der Waals surface area contributed by atoms with Crippen molar-refractivity contribution in [2.45, 2.75) is 33.4 Å². The van der Waals surface area contributed by atoms with E-state index in [0.29, 0.717) is 19.6 Å². The number of amides is 2. The molecule has 1 N–H and O–H groups in total. The van der Waals surface area contributed by atoms with Crippen molar-refractivity contribution < 1.29 is 22.8 Å². The Kier molecular flexibility index (Phi) is 6.45. The Labute approximate surface area is 162 Å². The van der Waals surface area contributed by atoms with Crippen LogP contribution in [0.2, 0.25) is 0 Å². The number of hydrogen-bond donors (Lipinski definition) is 1. The zero-order chi connectivity index (χ0) is 20.1. The van der Waals surface area contributed by atoms with Crippen molar-refractivity contribution in [3.05, 3.63) is 41.3 Å². The Balaban J connectivity index is 1.59. The number of para-hydroxylation sites is 2. The summed E-state index contributed by atoms with van der Waals surface area (Å²) in [6.45, 7) is 4.25. The minimum Gasteiger partial charge on any atom is -0.433 e. The molecule has 152 valence electrons. The fourth-order valence-corrected chi connectivity index (χ4v) is 3.25. The molecule has 7 nitrogen and oxygen atoms in total. The smallest absolute Gasteiger partial charge is 0.387 e. The number of nitrogens with one attached hydrogen (secondary N) is 1. The van der Waals surface area contributed by atoms with Gasteiger partial charge in [-0.3, -0.25) is 4.90 Å². The average Bonchev–Trinajstić information content (AvgIpc) is 2.85. The van der Waals surface area contributed by atoms with Crippen molar-refractivity contribution in [3.63, 3.8) is 0 Å². The third-order valence-corrected chi connectivity index (χ3v) is 4.78. The maximum absolute atomic E-state index is 12.6. The maximum atomic E-state index is 12.6. The minimum absolute atomic E-state index is 0.0549. The van der Waals surface area contributed by atoms with E-state index in [0.717, 1.165) is 36.5 Å². The molecular formula is C19H24F2N4O3. The summed E-state index contributed by atoms with van der Waals surface area (Å²) in [5.74, 6) is 0.757. The molecule has 1 aliphatic rings. The number of rotatable bonds is 5. The van der Waals surface area contributed by atoms with Gasteiger partial charge in [0.25, 0.3) is 0 Å². The molecule has 1 fully saturated rings. The first-order valence-corrected chi connectivity index (χ1v) is 9.18. The highest BCUT2D eigenvalue weighted by molar-refractivity contribution is 5.91. The Morgan fingerprint density at radius 2 is 2.04 bits per heavy atom. The van der Waals surface area contributed by atoms with Crippen molar-refractivity contribution in [1.29, 1.82) is 0 Å². The van der Waals surface area contributed by atoms with E-state index in [2.05, 4.69) is 20.1 Å². The number of urea groups is 1. The number of ether oxygens (including phenoxy) is 1. The van der Waals surface area contributed by atoms with Gasteiger partial charge in [-0.15, -0.1) is 0 Å². The van der Waals surface area contributed by atoms with Crippen LogP contribution in [0.4, 0.5) is 19.3 Å². The van der Waals surface area contributed by atoms with Crippen LogP contribution in [0.15, 0.2) is 28.8 Å². The second kappa shape index (κ2) is 9.01. The summed E-state index contributed by atoms with van der Waals surface area (Å²) in [5, 5.41) is 6.66. The summed E-state index contributed by atoms with van der Waals surface area (Å²) >= 11 is 0. The van der Waals surface area contributed by atoms with Gasteiger partial charge in [-0.05, 0) is 32.4 Å². The molecule has 0 bridgehead atoms. The van der Waals surface area contributed by atoms with Crippen LogP contribution in [0.5, 0.6) is 5.75 Å². The predicted molar refractivity (Wildman–Crippen MR) is 99.5 cm³/mol. The third kappa shape index (κ3) is 4.98. The lowest BCUT2D eigenvalue weighted by atomic mass is 10.2. The zero-order valence-electron chi connectivity index (χ0n) is 16.0. The molecule has 0 saturated carbocycles. The molecule has 0 atom stereocenters. The van der Waals surface area contributed by atoms with Gasteiger partial charge >= 0.3 is 12.6 Å². The maximum Gasteiger partial charge on any atom is 0.387 e. The van der Waals surface area contributed by atoms with Gasteiger partial charge in [0.15, 0.2) is 0 Å². The van der Waals surface area contributed by atoms with Crippen LogP contribution in [0.3, 0.4) is 0 Å². The van der Waals surface area contributed by atoms with E-state index < -0.39 is 6.61 Å². The minimum atomic E-state index is -2.95. The monoisotopic (exact) mass is 394 g/mol. The Morgan fingerprint density at radius 1 is 1.25 bits per heavy atom. The second-order valence-electron chi connectivity index (χ2n) is 6.72. The zero-order valence-corrected chi connectivity index (χ0v) is 16.0. The standard InChI is InChI=1S/C19H24F2N4O3/c1-13-15(14(2)28-23-13)12-24-8-5-9-25(11-10-24)19(26)22-16-6-3-4-7-17(16)27-18(20)21/h3-4,6-7,18H,5,8-12H2,1-2H3,(H,22,26). The molecule has 28 heavy (non-hydrogen) atoms. The van der Waals surface area contributed by atoms with Crippen LogP contribution in [-0.2, 0) is 6.54 Å². The van der Waals surface area contributed by atoms with E-state index in [9.17, 15) is 13.6 Å². The second-order valence-corrected chi connectivity index (χ2v) is 6.72. The predicted octanol–water partition coefficient (Wildman–Crippen LogP) is 3.63. The van der Waals surface area contributed by atoms with E-state index in [1.54, 1.807) is 17.0 Å². The molecule has 1 aliphatic heterocycles. The van der Waals surface area contributed by atoms with Gasteiger partial charge in [0.1, 0.15) is 11.5 Å².